The SMILES string of the molecule is CCCCCc1c(C(=O)O)c(F)c(F)c(F)c1C(F)(F)F. The Labute approximate surface area is 116 Å². The molecule has 0 fully saturated rings. The first-order chi connectivity index (χ1) is 9.62. The van der Waals surface area contributed by atoms with Crippen molar-refractivity contribution in [3.8, 4) is 0 Å². The minimum absolute atomic E-state index is 0.102. The molecule has 0 aromatic heterocycles. The molecule has 118 valence electrons. The molecule has 2 nitrogen and oxygen atoms in total. The maximum absolute atomic E-state index is 13.5. The van der Waals surface area contributed by atoms with Crippen molar-refractivity contribution in [3.63, 3.8) is 0 Å². The van der Waals surface area contributed by atoms with Crippen LogP contribution in [0.5, 0.6) is 0 Å². The molecule has 0 bridgehead atoms. The highest BCUT2D eigenvalue weighted by Crippen LogP contribution is 2.38. The van der Waals surface area contributed by atoms with Crippen molar-refractivity contribution >= 4 is 5.97 Å². The second kappa shape index (κ2) is 6.36. The van der Waals surface area contributed by atoms with E-state index in [2.05, 4.69) is 0 Å². The van der Waals surface area contributed by atoms with E-state index in [0.717, 1.165) is 0 Å². The Bertz CT molecular complexity index is 551. The van der Waals surface area contributed by atoms with Crippen LogP contribution in [0.15, 0.2) is 0 Å². The van der Waals surface area contributed by atoms with Crippen molar-refractivity contribution in [1.82, 2.24) is 0 Å². The fourth-order valence-electron chi connectivity index (χ4n) is 2.03. The molecular weight excluding hydrogens is 302 g/mol. The summed E-state index contributed by atoms with van der Waals surface area (Å²) in [6, 6.07) is 0. The van der Waals surface area contributed by atoms with Gasteiger partial charge in [0.15, 0.2) is 17.5 Å². The fraction of sp³-hybridized carbons (Fsp3) is 0.462. The maximum atomic E-state index is 13.5. The number of aromatic carboxylic acids is 1. The van der Waals surface area contributed by atoms with Crippen LogP contribution in [0.25, 0.3) is 0 Å². The van der Waals surface area contributed by atoms with Crippen LogP contribution >= 0.6 is 0 Å². The zero-order valence-corrected chi connectivity index (χ0v) is 11.0. The zero-order chi connectivity index (χ0) is 16.4. The number of carbonyl (C=O) groups is 1. The van der Waals surface area contributed by atoms with E-state index in [-0.39, 0.29) is 6.42 Å². The molecule has 21 heavy (non-hydrogen) atoms. The quantitative estimate of drug-likeness (QED) is 0.492. The van der Waals surface area contributed by atoms with Crippen LogP contribution < -0.4 is 0 Å². The van der Waals surface area contributed by atoms with Crippen molar-refractivity contribution in [1.29, 1.82) is 0 Å². The second-order valence-corrected chi connectivity index (χ2v) is 4.43. The van der Waals surface area contributed by atoms with Gasteiger partial charge in [0.25, 0.3) is 0 Å². The lowest BCUT2D eigenvalue weighted by Gasteiger charge is -2.17. The normalized spacial score (nSPS) is 11.8. The molecule has 1 aromatic rings. The molecule has 0 aliphatic carbocycles. The van der Waals surface area contributed by atoms with Gasteiger partial charge in [-0.3, -0.25) is 0 Å². The fourth-order valence-corrected chi connectivity index (χ4v) is 2.03. The van der Waals surface area contributed by atoms with Crippen molar-refractivity contribution in [2.24, 2.45) is 0 Å². The van der Waals surface area contributed by atoms with Crippen LogP contribution in [0.3, 0.4) is 0 Å². The van der Waals surface area contributed by atoms with E-state index < -0.39 is 52.7 Å². The Kier molecular flexibility index (Phi) is 5.25. The van der Waals surface area contributed by atoms with Gasteiger partial charge in [-0.2, -0.15) is 13.2 Å². The van der Waals surface area contributed by atoms with Crippen molar-refractivity contribution in [2.75, 3.05) is 0 Å². The summed E-state index contributed by atoms with van der Waals surface area (Å²) in [6.07, 6.45) is -4.67. The topological polar surface area (TPSA) is 37.3 Å². The Morgan fingerprint density at radius 1 is 1.05 bits per heavy atom. The molecule has 0 atom stereocenters. The highest BCUT2D eigenvalue weighted by molar-refractivity contribution is 5.90. The number of carboxylic acid groups (broad SMARTS) is 1. The molecule has 1 aromatic carbocycles. The molecule has 0 unspecified atom stereocenters. The number of halogens is 6. The first-order valence-corrected chi connectivity index (χ1v) is 6.12. The van der Waals surface area contributed by atoms with Gasteiger partial charge in [0.1, 0.15) is 5.56 Å². The standard InChI is InChI=1S/C13H12F6O2/c1-2-3-4-5-6-7(12(20)21)9(14)11(16)10(15)8(6)13(17,18)19/h2-5H2,1H3,(H,20,21). The Morgan fingerprint density at radius 3 is 2.05 bits per heavy atom. The van der Waals surface area contributed by atoms with Gasteiger partial charge in [-0.15, -0.1) is 0 Å². The van der Waals surface area contributed by atoms with Crippen LogP contribution in [0.4, 0.5) is 26.3 Å². The van der Waals surface area contributed by atoms with E-state index in [1.165, 1.54) is 0 Å². The monoisotopic (exact) mass is 314 g/mol. The van der Waals surface area contributed by atoms with Gasteiger partial charge in [-0.1, -0.05) is 19.8 Å². The summed E-state index contributed by atoms with van der Waals surface area (Å²) in [5.74, 6) is -9.02. The van der Waals surface area contributed by atoms with Crippen molar-refractivity contribution < 1.29 is 36.2 Å². The summed E-state index contributed by atoms with van der Waals surface area (Å²) < 4.78 is 78.7. The van der Waals surface area contributed by atoms with Crippen LogP contribution in [-0.4, -0.2) is 11.1 Å². The third-order valence-corrected chi connectivity index (χ3v) is 2.96. The van der Waals surface area contributed by atoms with Crippen LogP contribution in [-0.2, 0) is 12.6 Å². The van der Waals surface area contributed by atoms with E-state index in [9.17, 15) is 31.1 Å². The summed E-state index contributed by atoms with van der Waals surface area (Å²) in [5.41, 5.74) is -4.56. The maximum Gasteiger partial charge on any atom is 0.419 e. The third-order valence-electron chi connectivity index (χ3n) is 2.96. The Hall–Kier alpha value is -1.73. The van der Waals surface area contributed by atoms with E-state index in [1.807, 2.05) is 0 Å². The first kappa shape index (κ1) is 17.3. The lowest BCUT2D eigenvalue weighted by molar-refractivity contribution is -0.141. The number of carboxylic acids is 1. The van der Waals surface area contributed by atoms with Gasteiger partial charge >= 0.3 is 12.1 Å². The number of alkyl halides is 3. The molecular formula is C13H12F6O2. The highest BCUT2D eigenvalue weighted by atomic mass is 19.4. The van der Waals surface area contributed by atoms with E-state index in [0.29, 0.717) is 12.8 Å². The average Bonchev–Trinajstić information content (AvgIpc) is 2.34. The summed E-state index contributed by atoms with van der Waals surface area (Å²) in [6.45, 7) is 1.74. The summed E-state index contributed by atoms with van der Waals surface area (Å²) in [5, 5.41) is 8.81. The zero-order valence-electron chi connectivity index (χ0n) is 11.0. The largest absolute Gasteiger partial charge is 0.478 e. The van der Waals surface area contributed by atoms with Gasteiger partial charge < -0.3 is 5.11 Å². The lowest BCUT2D eigenvalue weighted by atomic mass is 9.94. The number of hydrogen-bond donors (Lipinski definition) is 1. The molecule has 0 aliphatic heterocycles. The lowest BCUT2D eigenvalue weighted by Crippen LogP contribution is -2.20. The number of rotatable bonds is 5. The van der Waals surface area contributed by atoms with E-state index in [1.54, 1.807) is 6.92 Å². The molecule has 1 rings (SSSR count). The van der Waals surface area contributed by atoms with Gasteiger partial charge in [0.2, 0.25) is 0 Å². The van der Waals surface area contributed by atoms with Gasteiger partial charge in [-0.05, 0) is 18.4 Å². The number of unbranched alkanes of at least 4 members (excludes halogenated alkanes) is 2. The molecule has 0 amide bonds. The minimum atomic E-state index is -5.32. The Morgan fingerprint density at radius 2 is 1.62 bits per heavy atom. The predicted molar refractivity (Wildman–Crippen MR) is 61.5 cm³/mol. The van der Waals surface area contributed by atoms with E-state index in [4.69, 9.17) is 5.11 Å². The minimum Gasteiger partial charge on any atom is -0.478 e. The smallest absolute Gasteiger partial charge is 0.419 e. The van der Waals surface area contributed by atoms with Gasteiger partial charge in [0.05, 0.1) is 5.56 Å². The van der Waals surface area contributed by atoms with Crippen LogP contribution in [0, 0.1) is 17.5 Å². The van der Waals surface area contributed by atoms with Crippen LogP contribution in [0.2, 0.25) is 0 Å². The van der Waals surface area contributed by atoms with E-state index >= 15 is 0 Å². The molecule has 0 spiro atoms. The predicted octanol–water partition coefficient (Wildman–Crippen LogP) is 4.55. The molecule has 0 radical (unpaired) electrons. The van der Waals surface area contributed by atoms with Crippen molar-refractivity contribution in [3.05, 3.63) is 34.1 Å². The molecule has 8 heteroatoms. The molecule has 0 saturated carbocycles. The summed E-state index contributed by atoms with van der Waals surface area (Å²) in [4.78, 5) is 10.9. The molecule has 0 heterocycles. The van der Waals surface area contributed by atoms with Gasteiger partial charge in [-0.25, -0.2) is 18.0 Å². The average molecular weight is 314 g/mol. The molecule has 0 aliphatic rings. The van der Waals surface area contributed by atoms with Crippen LogP contribution in [0.1, 0.15) is 47.7 Å². The third kappa shape index (κ3) is 3.48. The second-order valence-electron chi connectivity index (χ2n) is 4.43. The number of benzene rings is 1. The van der Waals surface area contributed by atoms with Crippen molar-refractivity contribution in [2.45, 2.75) is 38.8 Å². The number of hydrogen-bond acceptors (Lipinski definition) is 1. The summed E-state index contributed by atoms with van der Waals surface area (Å²) >= 11 is 0. The summed E-state index contributed by atoms with van der Waals surface area (Å²) in [7, 11) is 0. The highest BCUT2D eigenvalue weighted by Gasteiger charge is 2.42. The first-order valence-electron chi connectivity index (χ1n) is 6.12. The molecule has 1 N–H and O–H groups in total. The van der Waals surface area contributed by atoms with Gasteiger partial charge in [0, 0.05) is 0 Å². The molecule has 0 saturated heterocycles. The Balaban J connectivity index is 3.63.